The first-order valence-electron chi connectivity index (χ1n) is 23.3. The number of quaternary nitrogens is 1. The summed E-state index contributed by atoms with van der Waals surface area (Å²) in [6.45, 7) is 4.06. The Bertz CT molecular complexity index is 1290. The number of allylic oxidation sites excluding steroid dienone is 14. The lowest BCUT2D eigenvalue weighted by Crippen LogP contribution is -2.37. The topological polar surface area (TPSA) is 111 Å². The maximum atomic E-state index is 12.7. The molecule has 0 spiro atoms. The van der Waals surface area contributed by atoms with Gasteiger partial charge < -0.3 is 27.9 Å². The molecule has 0 fully saturated rings. The first-order chi connectivity index (χ1) is 29.0. The number of carbonyl (C=O) groups is 2. The Balaban J connectivity index is 4.48. The maximum Gasteiger partial charge on any atom is 0.306 e. The molecule has 0 aliphatic rings. The molecule has 0 aliphatic heterocycles. The Morgan fingerprint density at radius 3 is 1.40 bits per heavy atom. The second kappa shape index (κ2) is 41.5. The lowest BCUT2D eigenvalue weighted by Gasteiger charge is -2.28. The molecule has 0 amide bonds. The summed E-state index contributed by atoms with van der Waals surface area (Å²) in [6, 6.07) is 0. The van der Waals surface area contributed by atoms with Crippen LogP contribution in [0.4, 0.5) is 0 Å². The molecule has 2 atom stereocenters. The summed E-state index contributed by atoms with van der Waals surface area (Å²) < 4.78 is 33.8. The molecule has 1 unspecified atom stereocenters. The summed E-state index contributed by atoms with van der Waals surface area (Å²) in [5, 5.41) is 0. The van der Waals surface area contributed by atoms with Crippen LogP contribution in [-0.2, 0) is 32.7 Å². The van der Waals surface area contributed by atoms with Gasteiger partial charge in [-0.15, -0.1) is 0 Å². The van der Waals surface area contributed by atoms with E-state index in [1.54, 1.807) is 0 Å². The van der Waals surface area contributed by atoms with Gasteiger partial charge in [-0.3, -0.25) is 14.2 Å². The molecule has 9 nitrogen and oxygen atoms in total. The van der Waals surface area contributed by atoms with Gasteiger partial charge in [0.25, 0.3) is 7.82 Å². The van der Waals surface area contributed by atoms with Crippen molar-refractivity contribution in [2.75, 3.05) is 47.5 Å². The summed E-state index contributed by atoms with van der Waals surface area (Å²) in [7, 11) is 1.10. The summed E-state index contributed by atoms with van der Waals surface area (Å²) in [5.41, 5.74) is 0. The van der Waals surface area contributed by atoms with E-state index in [4.69, 9.17) is 18.5 Å². The third-order valence-electron chi connectivity index (χ3n) is 9.40. The van der Waals surface area contributed by atoms with Gasteiger partial charge in [0.1, 0.15) is 19.8 Å². The Kier molecular flexibility index (Phi) is 39.6. The van der Waals surface area contributed by atoms with Crippen molar-refractivity contribution in [2.24, 2.45) is 0 Å². The van der Waals surface area contributed by atoms with Gasteiger partial charge in [0.2, 0.25) is 0 Å². The van der Waals surface area contributed by atoms with E-state index >= 15 is 0 Å². The van der Waals surface area contributed by atoms with Crippen molar-refractivity contribution >= 4 is 19.8 Å². The molecule has 344 valence electrons. The Morgan fingerprint density at radius 1 is 0.517 bits per heavy atom. The molecule has 0 N–H and O–H groups in total. The van der Waals surface area contributed by atoms with Crippen LogP contribution in [0.15, 0.2) is 85.1 Å². The van der Waals surface area contributed by atoms with Crippen LogP contribution in [0.5, 0.6) is 0 Å². The van der Waals surface area contributed by atoms with Gasteiger partial charge in [0.15, 0.2) is 6.10 Å². The van der Waals surface area contributed by atoms with Gasteiger partial charge in [-0.05, 0) is 83.5 Å². The number of esters is 2. The summed E-state index contributed by atoms with van der Waals surface area (Å²) in [5.74, 6) is -0.946. The second-order valence-corrected chi connectivity index (χ2v) is 17.8. The SMILES string of the molecule is CCCCC/C=C\C/C=C\C/C=C\C/C=C\C/C=C\CCC(=O)O[C@H](COC(=O)CCCCCCCCC/C=C\C/C=C\CCCCC)COP(=O)([O-])OCC[N+](C)(C)C. The first kappa shape index (κ1) is 57.2. The predicted molar refractivity (Wildman–Crippen MR) is 249 cm³/mol. The number of unbranched alkanes of at least 4 members (excludes halogenated alkanes) is 13. The van der Waals surface area contributed by atoms with Gasteiger partial charge in [0.05, 0.1) is 27.7 Å². The fourth-order valence-corrected chi connectivity index (χ4v) is 6.45. The van der Waals surface area contributed by atoms with Crippen molar-refractivity contribution in [3.05, 3.63) is 85.1 Å². The van der Waals surface area contributed by atoms with E-state index in [1.807, 2.05) is 33.3 Å². The third kappa shape index (κ3) is 44.7. The Hall–Kier alpha value is -2.81. The van der Waals surface area contributed by atoms with E-state index < -0.39 is 32.5 Å². The second-order valence-electron chi connectivity index (χ2n) is 16.4. The fraction of sp³-hybridized carbons (Fsp3) is 0.680. The van der Waals surface area contributed by atoms with Crippen molar-refractivity contribution < 1.29 is 42.1 Å². The number of phosphoric acid groups is 1. The summed E-state index contributed by atoms with van der Waals surface area (Å²) in [6.07, 6.45) is 53.4. The van der Waals surface area contributed by atoms with Gasteiger partial charge in [-0.2, -0.15) is 0 Å². The summed E-state index contributed by atoms with van der Waals surface area (Å²) >= 11 is 0. The van der Waals surface area contributed by atoms with Crippen LogP contribution >= 0.6 is 7.82 Å². The zero-order chi connectivity index (χ0) is 44.3. The molecule has 0 rings (SSSR count). The molecular weight excluding hydrogens is 774 g/mol. The molecule has 0 saturated heterocycles. The highest BCUT2D eigenvalue weighted by Crippen LogP contribution is 2.38. The van der Waals surface area contributed by atoms with Gasteiger partial charge in [-0.25, -0.2) is 0 Å². The van der Waals surface area contributed by atoms with Crippen molar-refractivity contribution in [2.45, 2.75) is 174 Å². The molecule has 0 aromatic carbocycles. The number of likely N-dealkylation sites (N-methyl/N-ethyl adjacent to an activating group) is 1. The van der Waals surface area contributed by atoms with Crippen LogP contribution in [0.3, 0.4) is 0 Å². The normalized spacial score (nSPS) is 14.3. The van der Waals surface area contributed by atoms with E-state index in [0.29, 0.717) is 23.9 Å². The summed E-state index contributed by atoms with van der Waals surface area (Å²) in [4.78, 5) is 37.6. The van der Waals surface area contributed by atoms with Crippen LogP contribution in [0.2, 0.25) is 0 Å². The highest BCUT2D eigenvalue weighted by Gasteiger charge is 2.21. The fourth-order valence-electron chi connectivity index (χ4n) is 5.72. The highest BCUT2D eigenvalue weighted by molar-refractivity contribution is 7.45. The number of carbonyl (C=O) groups excluding carboxylic acids is 2. The number of hydrogen-bond acceptors (Lipinski definition) is 8. The molecule has 0 radical (unpaired) electrons. The molecule has 0 aliphatic carbocycles. The number of ether oxygens (including phenoxy) is 2. The molecular formula is C50H86NO8P. The molecule has 0 aromatic heterocycles. The highest BCUT2D eigenvalue weighted by atomic mass is 31.2. The monoisotopic (exact) mass is 860 g/mol. The molecule has 0 bridgehead atoms. The number of nitrogens with zero attached hydrogens (tertiary/aromatic N) is 1. The minimum atomic E-state index is -4.65. The van der Waals surface area contributed by atoms with E-state index in [9.17, 15) is 19.0 Å². The smallest absolute Gasteiger partial charge is 0.306 e. The van der Waals surface area contributed by atoms with E-state index in [-0.39, 0.29) is 26.1 Å². The lowest BCUT2D eigenvalue weighted by atomic mass is 10.1. The van der Waals surface area contributed by atoms with Crippen molar-refractivity contribution in [1.82, 2.24) is 0 Å². The number of hydrogen-bond donors (Lipinski definition) is 0. The number of rotatable bonds is 41. The quantitative estimate of drug-likeness (QED) is 0.0196. The minimum absolute atomic E-state index is 0.0498. The van der Waals surface area contributed by atoms with Crippen LogP contribution in [0, 0.1) is 0 Å². The van der Waals surface area contributed by atoms with E-state index in [0.717, 1.165) is 57.8 Å². The van der Waals surface area contributed by atoms with Crippen molar-refractivity contribution in [3.8, 4) is 0 Å². The molecule has 0 saturated carbocycles. The molecule has 0 aromatic rings. The van der Waals surface area contributed by atoms with Crippen LogP contribution in [-0.4, -0.2) is 70.0 Å². The standard InChI is InChI=1S/C50H86NO8P/c1-6-8-10-12-14-16-18-20-22-24-25-27-29-31-33-35-37-39-41-43-50(53)59-48(47-58-60(54,55)57-45-44-51(3,4)5)46-56-49(52)42-40-38-36-34-32-30-28-26-23-21-19-17-15-13-11-9-7-2/h14-17,20-23,25,27,31,33,37,39,48H,6-13,18-19,24,26,28-30,32,34-36,38,40-47H2,1-5H3/b16-14-,17-15-,22-20-,23-21-,27-25-,33-31-,39-37-/t48-/m1/s1. The van der Waals surface area contributed by atoms with Gasteiger partial charge >= 0.3 is 11.9 Å². The van der Waals surface area contributed by atoms with Crippen molar-refractivity contribution in [3.63, 3.8) is 0 Å². The maximum absolute atomic E-state index is 12.7. The minimum Gasteiger partial charge on any atom is -0.756 e. The average Bonchev–Trinajstić information content (AvgIpc) is 3.20. The third-order valence-corrected chi connectivity index (χ3v) is 10.4. The molecule has 60 heavy (non-hydrogen) atoms. The number of phosphoric ester groups is 1. The molecule has 0 heterocycles. The van der Waals surface area contributed by atoms with Crippen molar-refractivity contribution in [1.29, 1.82) is 0 Å². The van der Waals surface area contributed by atoms with Gasteiger partial charge in [-0.1, -0.05) is 157 Å². The van der Waals surface area contributed by atoms with E-state index in [1.165, 1.54) is 70.6 Å². The average molecular weight is 860 g/mol. The Labute approximate surface area is 367 Å². The lowest BCUT2D eigenvalue weighted by molar-refractivity contribution is -0.870. The molecule has 10 heteroatoms. The largest absolute Gasteiger partial charge is 0.756 e. The van der Waals surface area contributed by atoms with Crippen LogP contribution < -0.4 is 4.89 Å². The Morgan fingerprint density at radius 2 is 0.933 bits per heavy atom. The van der Waals surface area contributed by atoms with Crippen LogP contribution in [0.1, 0.15) is 168 Å². The zero-order valence-electron chi connectivity index (χ0n) is 38.6. The van der Waals surface area contributed by atoms with Crippen LogP contribution in [0.25, 0.3) is 0 Å². The predicted octanol–water partition coefficient (Wildman–Crippen LogP) is 12.9. The van der Waals surface area contributed by atoms with Gasteiger partial charge in [0, 0.05) is 12.8 Å². The zero-order valence-corrected chi connectivity index (χ0v) is 39.5. The first-order valence-corrected chi connectivity index (χ1v) is 24.8. The van der Waals surface area contributed by atoms with E-state index in [2.05, 4.69) is 86.8 Å².